The number of ether oxygens (including phenoxy) is 1. The van der Waals surface area contributed by atoms with Crippen molar-refractivity contribution < 1.29 is 14.3 Å². The molecule has 1 saturated heterocycles. The first-order valence-electron chi connectivity index (χ1n) is 8.17. The Morgan fingerprint density at radius 1 is 1.33 bits per heavy atom. The van der Waals surface area contributed by atoms with E-state index in [4.69, 9.17) is 4.74 Å². The van der Waals surface area contributed by atoms with E-state index in [0.717, 1.165) is 43.0 Å². The summed E-state index contributed by atoms with van der Waals surface area (Å²) in [6.45, 7) is 6.68. The summed E-state index contributed by atoms with van der Waals surface area (Å²) in [5, 5.41) is 2.92. The normalized spacial score (nSPS) is 15.1. The number of benzene rings is 1. The van der Waals surface area contributed by atoms with Crippen molar-refractivity contribution in [3.63, 3.8) is 0 Å². The van der Waals surface area contributed by atoms with Crippen LogP contribution < -0.4 is 10.2 Å². The molecule has 1 heterocycles. The van der Waals surface area contributed by atoms with E-state index in [1.54, 1.807) is 4.90 Å². The molecule has 1 aliphatic heterocycles. The zero-order valence-electron chi connectivity index (χ0n) is 14.0. The zero-order valence-corrected chi connectivity index (χ0v) is 15.5. The van der Waals surface area contributed by atoms with E-state index in [2.05, 4.69) is 26.1 Å². The van der Waals surface area contributed by atoms with Gasteiger partial charge in [0.1, 0.15) is 0 Å². The van der Waals surface area contributed by atoms with Gasteiger partial charge in [-0.2, -0.15) is 0 Å². The van der Waals surface area contributed by atoms with E-state index >= 15 is 0 Å². The van der Waals surface area contributed by atoms with E-state index in [-0.39, 0.29) is 18.2 Å². The fourth-order valence-corrected chi connectivity index (χ4v) is 2.98. The predicted molar refractivity (Wildman–Crippen MR) is 97.1 cm³/mol. The molecule has 6 nitrogen and oxygen atoms in total. The Morgan fingerprint density at radius 3 is 2.75 bits per heavy atom. The zero-order chi connectivity index (χ0) is 17.4. The summed E-state index contributed by atoms with van der Waals surface area (Å²) in [4.78, 5) is 27.7. The lowest BCUT2D eigenvalue weighted by Gasteiger charge is -2.26. The van der Waals surface area contributed by atoms with Gasteiger partial charge in [-0.15, -0.1) is 0 Å². The lowest BCUT2D eigenvalue weighted by molar-refractivity contribution is -0.121. The number of amides is 2. The highest BCUT2D eigenvalue weighted by atomic mass is 79.9. The Bertz CT molecular complexity index is 562. The summed E-state index contributed by atoms with van der Waals surface area (Å²) in [6.07, 6.45) is 0.287. The molecule has 0 unspecified atom stereocenters. The molecule has 1 fully saturated rings. The van der Waals surface area contributed by atoms with Gasteiger partial charge >= 0.3 is 0 Å². The van der Waals surface area contributed by atoms with Crippen LogP contribution in [0.4, 0.5) is 5.69 Å². The van der Waals surface area contributed by atoms with E-state index in [0.29, 0.717) is 13.1 Å². The molecule has 0 aromatic heterocycles. The van der Waals surface area contributed by atoms with Crippen LogP contribution in [0.3, 0.4) is 0 Å². The molecule has 24 heavy (non-hydrogen) atoms. The second-order valence-electron chi connectivity index (χ2n) is 5.70. The molecule has 1 aromatic carbocycles. The van der Waals surface area contributed by atoms with Gasteiger partial charge in [-0.3, -0.25) is 14.5 Å². The highest BCUT2D eigenvalue weighted by Crippen LogP contribution is 2.20. The van der Waals surface area contributed by atoms with Crippen molar-refractivity contribution in [3.05, 3.63) is 28.7 Å². The minimum Gasteiger partial charge on any atom is -0.379 e. The standard InChI is InChI=1S/C17H24BrN3O3/c1-14(22)21(16-4-2-3-15(18)13-16)7-5-17(23)19-6-8-20-9-11-24-12-10-20/h2-4,13H,5-12H2,1H3,(H,19,23). The van der Waals surface area contributed by atoms with Gasteiger partial charge in [0.05, 0.1) is 13.2 Å². The quantitative estimate of drug-likeness (QED) is 0.759. The Balaban J connectivity index is 1.75. The fraction of sp³-hybridized carbons (Fsp3) is 0.529. The molecule has 0 atom stereocenters. The third-order valence-electron chi connectivity index (χ3n) is 3.92. The van der Waals surface area contributed by atoms with E-state index in [9.17, 15) is 9.59 Å². The van der Waals surface area contributed by atoms with Crippen molar-refractivity contribution in [2.24, 2.45) is 0 Å². The Kier molecular flexibility index (Phi) is 7.68. The van der Waals surface area contributed by atoms with Gasteiger partial charge in [0.2, 0.25) is 11.8 Å². The van der Waals surface area contributed by atoms with Crippen molar-refractivity contribution in [1.82, 2.24) is 10.2 Å². The van der Waals surface area contributed by atoms with Crippen molar-refractivity contribution in [1.29, 1.82) is 0 Å². The average Bonchev–Trinajstić information content (AvgIpc) is 2.56. The molecule has 7 heteroatoms. The van der Waals surface area contributed by atoms with Crippen LogP contribution in [0.25, 0.3) is 0 Å². The molecule has 132 valence electrons. The Hall–Kier alpha value is -1.44. The lowest BCUT2D eigenvalue weighted by Crippen LogP contribution is -2.42. The molecule has 2 rings (SSSR count). The summed E-state index contributed by atoms with van der Waals surface area (Å²) in [5.41, 5.74) is 0.790. The lowest BCUT2D eigenvalue weighted by atomic mass is 10.2. The van der Waals surface area contributed by atoms with Crippen LogP contribution in [-0.2, 0) is 14.3 Å². The van der Waals surface area contributed by atoms with E-state index in [1.165, 1.54) is 6.92 Å². The largest absolute Gasteiger partial charge is 0.379 e. The molecular weight excluding hydrogens is 374 g/mol. The SMILES string of the molecule is CC(=O)N(CCC(=O)NCCN1CCOCC1)c1cccc(Br)c1. The summed E-state index contributed by atoms with van der Waals surface area (Å²) < 4.78 is 6.20. The first-order chi connectivity index (χ1) is 11.6. The van der Waals surface area contributed by atoms with Gasteiger partial charge in [-0.1, -0.05) is 22.0 Å². The van der Waals surface area contributed by atoms with E-state index < -0.39 is 0 Å². The summed E-state index contributed by atoms with van der Waals surface area (Å²) in [6, 6.07) is 7.51. The van der Waals surface area contributed by atoms with Crippen LogP contribution >= 0.6 is 15.9 Å². The van der Waals surface area contributed by atoms with Gasteiger partial charge in [0.15, 0.2) is 0 Å². The maximum absolute atomic E-state index is 12.0. The molecule has 0 bridgehead atoms. The van der Waals surface area contributed by atoms with Crippen LogP contribution in [-0.4, -0.2) is 62.7 Å². The molecular formula is C17H24BrN3O3. The molecule has 1 N–H and O–H groups in total. The van der Waals surface area contributed by atoms with Crippen LogP contribution in [0.1, 0.15) is 13.3 Å². The highest BCUT2D eigenvalue weighted by molar-refractivity contribution is 9.10. The Morgan fingerprint density at radius 2 is 2.08 bits per heavy atom. The van der Waals surface area contributed by atoms with Gasteiger partial charge < -0.3 is 15.0 Å². The number of nitrogens with one attached hydrogen (secondary N) is 1. The molecule has 1 aromatic rings. The number of morpholine rings is 1. The number of hydrogen-bond acceptors (Lipinski definition) is 4. The molecule has 0 aliphatic carbocycles. The van der Waals surface area contributed by atoms with Crippen LogP contribution in [0.2, 0.25) is 0 Å². The molecule has 0 radical (unpaired) electrons. The maximum atomic E-state index is 12.0. The van der Waals surface area contributed by atoms with Crippen LogP contribution in [0.15, 0.2) is 28.7 Å². The second-order valence-corrected chi connectivity index (χ2v) is 6.62. The first kappa shape index (κ1) is 18.9. The average molecular weight is 398 g/mol. The van der Waals surface area contributed by atoms with Gasteiger partial charge in [-0.05, 0) is 18.2 Å². The Labute approximate surface area is 151 Å². The maximum Gasteiger partial charge on any atom is 0.223 e. The van der Waals surface area contributed by atoms with Gasteiger partial charge in [0, 0.05) is 56.2 Å². The fourth-order valence-electron chi connectivity index (χ4n) is 2.59. The van der Waals surface area contributed by atoms with Crippen molar-refractivity contribution in [2.75, 3.05) is 50.8 Å². The summed E-state index contributed by atoms with van der Waals surface area (Å²) in [5.74, 6) is -0.112. The third-order valence-corrected chi connectivity index (χ3v) is 4.41. The van der Waals surface area contributed by atoms with Gasteiger partial charge in [0.25, 0.3) is 0 Å². The summed E-state index contributed by atoms with van der Waals surface area (Å²) >= 11 is 3.40. The third kappa shape index (κ3) is 6.22. The number of carbonyl (C=O) groups is 2. The van der Waals surface area contributed by atoms with Gasteiger partial charge in [-0.25, -0.2) is 0 Å². The molecule has 0 spiro atoms. The van der Waals surface area contributed by atoms with E-state index in [1.807, 2.05) is 24.3 Å². The van der Waals surface area contributed by atoms with Crippen LogP contribution in [0.5, 0.6) is 0 Å². The molecule has 1 aliphatic rings. The first-order valence-corrected chi connectivity index (χ1v) is 8.96. The van der Waals surface area contributed by atoms with Crippen molar-refractivity contribution in [3.8, 4) is 0 Å². The number of halogens is 1. The van der Waals surface area contributed by atoms with Crippen LogP contribution in [0, 0.1) is 0 Å². The number of hydrogen-bond donors (Lipinski definition) is 1. The second kappa shape index (κ2) is 9.76. The monoisotopic (exact) mass is 397 g/mol. The predicted octanol–water partition coefficient (Wildman–Crippen LogP) is 1.64. The van der Waals surface area contributed by atoms with Crippen molar-refractivity contribution in [2.45, 2.75) is 13.3 Å². The summed E-state index contributed by atoms with van der Waals surface area (Å²) in [7, 11) is 0. The minimum absolute atomic E-state index is 0.0375. The topological polar surface area (TPSA) is 61.9 Å². The number of carbonyl (C=O) groups excluding carboxylic acids is 2. The number of rotatable bonds is 7. The number of nitrogens with zero attached hydrogens (tertiary/aromatic N) is 2. The molecule has 0 saturated carbocycles. The smallest absolute Gasteiger partial charge is 0.223 e. The number of anilines is 1. The molecule has 2 amide bonds. The highest BCUT2D eigenvalue weighted by Gasteiger charge is 2.14. The van der Waals surface area contributed by atoms with Crippen molar-refractivity contribution >= 4 is 33.4 Å². The minimum atomic E-state index is -0.0748.